The summed E-state index contributed by atoms with van der Waals surface area (Å²) in [7, 11) is 1.92. The molecule has 0 saturated heterocycles. The van der Waals surface area contributed by atoms with Crippen LogP contribution in [-0.2, 0) is 6.54 Å². The van der Waals surface area contributed by atoms with Gasteiger partial charge in [-0.2, -0.15) is 5.10 Å². The molecule has 0 fully saturated rings. The summed E-state index contributed by atoms with van der Waals surface area (Å²) in [6.45, 7) is 5.08. The Morgan fingerprint density at radius 3 is 2.90 bits per heavy atom. The van der Waals surface area contributed by atoms with Gasteiger partial charge in [0.1, 0.15) is 5.75 Å². The fourth-order valence-corrected chi connectivity index (χ4v) is 2.14. The number of nitrogens with zero attached hydrogens (tertiary/aromatic N) is 2. The van der Waals surface area contributed by atoms with E-state index in [9.17, 15) is 0 Å². The van der Waals surface area contributed by atoms with Crippen LogP contribution in [0.4, 0.5) is 0 Å². The van der Waals surface area contributed by atoms with Crippen LogP contribution < -0.4 is 10.1 Å². The molecule has 1 aromatic carbocycles. The van der Waals surface area contributed by atoms with E-state index < -0.39 is 0 Å². The van der Waals surface area contributed by atoms with Gasteiger partial charge in [-0.1, -0.05) is 24.6 Å². The van der Waals surface area contributed by atoms with Gasteiger partial charge in [0.15, 0.2) is 5.75 Å². The number of hydrogen-bond donors (Lipinski definition) is 1. The van der Waals surface area contributed by atoms with Gasteiger partial charge in [0.25, 0.3) is 0 Å². The highest BCUT2D eigenvalue weighted by molar-refractivity contribution is 6.32. The maximum absolute atomic E-state index is 6.27. The predicted molar refractivity (Wildman–Crippen MR) is 81.5 cm³/mol. The molecule has 0 aliphatic rings. The summed E-state index contributed by atoms with van der Waals surface area (Å²) in [6.07, 6.45) is 4.62. The monoisotopic (exact) mass is 293 g/mol. The zero-order valence-corrected chi connectivity index (χ0v) is 12.8. The minimum absolute atomic E-state index is 0.258. The van der Waals surface area contributed by atoms with Crippen LogP contribution in [0.2, 0.25) is 5.02 Å². The van der Waals surface area contributed by atoms with E-state index in [1.54, 1.807) is 6.20 Å². The summed E-state index contributed by atoms with van der Waals surface area (Å²) in [5.74, 6) is 1.35. The van der Waals surface area contributed by atoms with Crippen molar-refractivity contribution < 1.29 is 4.74 Å². The van der Waals surface area contributed by atoms with E-state index in [1.807, 2.05) is 36.1 Å². The smallest absolute Gasteiger partial charge is 0.165 e. The molecule has 0 saturated carbocycles. The fraction of sp³-hybridized carbons (Fsp3) is 0.400. The molecule has 0 amide bonds. The minimum atomic E-state index is 0.258. The molecule has 5 heteroatoms. The van der Waals surface area contributed by atoms with Gasteiger partial charge >= 0.3 is 0 Å². The molecule has 1 atom stereocenters. The molecule has 1 heterocycles. The Bertz CT molecular complexity index is 568. The van der Waals surface area contributed by atoms with E-state index in [4.69, 9.17) is 16.3 Å². The summed E-state index contributed by atoms with van der Waals surface area (Å²) in [6, 6.07) is 6.09. The Hall–Kier alpha value is -1.52. The van der Waals surface area contributed by atoms with Gasteiger partial charge in [0.05, 0.1) is 17.4 Å². The summed E-state index contributed by atoms with van der Waals surface area (Å²) in [5, 5.41) is 8.02. The molecule has 20 heavy (non-hydrogen) atoms. The molecule has 2 aromatic rings. The Morgan fingerprint density at radius 2 is 2.25 bits per heavy atom. The van der Waals surface area contributed by atoms with Gasteiger partial charge in [0, 0.05) is 12.6 Å². The van der Waals surface area contributed by atoms with Crippen molar-refractivity contribution in [1.29, 1.82) is 0 Å². The molecule has 108 valence electrons. The van der Waals surface area contributed by atoms with Crippen molar-refractivity contribution in [2.75, 3.05) is 7.05 Å². The first-order valence-corrected chi connectivity index (χ1v) is 7.19. The standard InChI is InChI=1S/C15H20ClN3O/c1-4-7-19-10-13(9-18-19)20-15-6-5-12(8-14(15)16)11(2)17-3/h5-6,8-11,17H,4,7H2,1-3H3. The molecule has 0 aliphatic carbocycles. The number of rotatable bonds is 6. The summed E-state index contributed by atoms with van der Waals surface area (Å²) in [5.41, 5.74) is 1.13. The second-order valence-corrected chi connectivity index (χ2v) is 5.15. The van der Waals surface area contributed by atoms with E-state index >= 15 is 0 Å². The predicted octanol–water partition coefficient (Wildman–Crippen LogP) is 4.02. The average Bonchev–Trinajstić information content (AvgIpc) is 2.88. The van der Waals surface area contributed by atoms with E-state index in [0.717, 1.165) is 18.5 Å². The molecule has 1 unspecified atom stereocenters. The highest BCUT2D eigenvalue weighted by Crippen LogP contribution is 2.31. The lowest BCUT2D eigenvalue weighted by atomic mass is 10.1. The quantitative estimate of drug-likeness (QED) is 0.874. The second kappa shape index (κ2) is 6.77. The first kappa shape index (κ1) is 14.9. The molecule has 1 aromatic heterocycles. The van der Waals surface area contributed by atoms with Crippen molar-refractivity contribution in [3.8, 4) is 11.5 Å². The molecular weight excluding hydrogens is 274 g/mol. The molecular formula is C15H20ClN3O. The van der Waals surface area contributed by atoms with Crippen LogP contribution >= 0.6 is 11.6 Å². The van der Waals surface area contributed by atoms with Crippen molar-refractivity contribution in [2.45, 2.75) is 32.9 Å². The van der Waals surface area contributed by atoms with Crippen LogP contribution in [0.15, 0.2) is 30.6 Å². The summed E-state index contributed by atoms with van der Waals surface area (Å²) < 4.78 is 7.63. The molecule has 0 radical (unpaired) electrons. The van der Waals surface area contributed by atoms with Crippen molar-refractivity contribution >= 4 is 11.6 Å². The van der Waals surface area contributed by atoms with Crippen LogP contribution in [0.25, 0.3) is 0 Å². The Balaban J connectivity index is 2.12. The van der Waals surface area contributed by atoms with E-state index in [1.165, 1.54) is 0 Å². The van der Waals surface area contributed by atoms with Crippen molar-refractivity contribution in [3.63, 3.8) is 0 Å². The third-order valence-corrected chi connectivity index (χ3v) is 3.47. The van der Waals surface area contributed by atoms with Crippen molar-refractivity contribution in [2.24, 2.45) is 0 Å². The highest BCUT2D eigenvalue weighted by Gasteiger charge is 2.09. The number of nitrogens with one attached hydrogen (secondary N) is 1. The van der Waals surface area contributed by atoms with Gasteiger partial charge in [0.2, 0.25) is 0 Å². The van der Waals surface area contributed by atoms with E-state index in [-0.39, 0.29) is 6.04 Å². The fourth-order valence-electron chi connectivity index (χ4n) is 1.91. The molecule has 0 bridgehead atoms. The lowest BCUT2D eigenvalue weighted by Crippen LogP contribution is -2.12. The molecule has 2 rings (SSSR count). The van der Waals surface area contributed by atoms with Crippen molar-refractivity contribution in [1.82, 2.24) is 15.1 Å². The maximum atomic E-state index is 6.27. The van der Waals surface area contributed by atoms with Crippen LogP contribution in [0.1, 0.15) is 31.9 Å². The Kier molecular flexibility index (Phi) is 5.04. The molecule has 0 spiro atoms. The third kappa shape index (κ3) is 3.52. The zero-order chi connectivity index (χ0) is 14.5. The first-order valence-electron chi connectivity index (χ1n) is 6.81. The number of ether oxygens (including phenoxy) is 1. The minimum Gasteiger partial charge on any atom is -0.452 e. The number of aryl methyl sites for hydroxylation is 1. The second-order valence-electron chi connectivity index (χ2n) is 4.74. The normalized spacial score (nSPS) is 12.4. The van der Waals surface area contributed by atoms with Crippen molar-refractivity contribution in [3.05, 3.63) is 41.2 Å². The van der Waals surface area contributed by atoms with E-state index in [0.29, 0.717) is 16.5 Å². The van der Waals surface area contributed by atoms with E-state index in [2.05, 4.69) is 24.3 Å². The van der Waals surface area contributed by atoms with Crippen LogP contribution in [0, 0.1) is 0 Å². The van der Waals surface area contributed by atoms with Gasteiger partial charge in [-0.3, -0.25) is 4.68 Å². The molecule has 4 nitrogen and oxygen atoms in total. The Labute approximate surface area is 124 Å². The first-order chi connectivity index (χ1) is 9.63. The highest BCUT2D eigenvalue weighted by atomic mass is 35.5. The van der Waals surface area contributed by atoms with Gasteiger partial charge in [-0.05, 0) is 38.1 Å². The summed E-state index contributed by atoms with van der Waals surface area (Å²) in [4.78, 5) is 0. The number of aromatic nitrogens is 2. The van der Waals surface area contributed by atoms with Gasteiger partial charge in [-0.25, -0.2) is 0 Å². The van der Waals surface area contributed by atoms with Crippen LogP contribution in [0.5, 0.6) is 11.5 Å². The van der Waals surface area contributed by atoms with Gasteiger partial charge < -0.3 is 10.1 Å². The number of hydrogen-bond acceptors (Lipinski definition) is 3. The lowest BCUT2D eigenvalue weighted by molar-refractivity contribution is 0.480. The number of halogens is 1. The average molecular weight is 294 g/mol. The zero-order valence-electron chi connectivity index (χ0n) is 12.1. The van der Waals surface area contributed by atoms with Gasteiger partial charge in [-0.15, -0.1) is 0 Å². The molecule has 1 N–H and O–H groups in total. The van der Waals surface area contributed by atoms with Crippen LogP contribution in [0.3, 0.4) is 0 Å². The SMILES string of the molecule is CCCn1cc(Oc2ccc(C(C)NC)cc2Cl)cn1. The Morgan fingerprint density at radius 1 is 1.45 bits per heavy atom. The maximum Gasteiger partial charge on any atom is 0.165 e. The topological polar surface area (TPSA) is 39.1 Å². The molecule has 0 aliphatic heterocycles. The number of benzene rings is 1. The summed E-state index contributed by atoms with van der Waals surface area (Å²) >= 11 is 6.27. The largest absolute Gasteiger partial charge is 0.452 e. The lowest BCUT2D eigenvalue weighted by Gasteiger charge is -2.12. The van der Waals surface area contributed by atoms with Crippen LogP contribution in [-0.4, -0.2) is 16.8 Å². The third-order valence-electron chi connectivity index (χ3n) is 3.18.